The third-order valence-corrected chi connectivity index (χ3v) is 3.75. The average Bonchev–Trinajstić information content (AvgIpc) is 2.49. The van der Waals surface area contributed by atoms with Gasteiger partial charge in [-0.05, 0) is 61.8 Å². The highest BCUT2D eigenvalue weighted by Crippen LogP contribution is 2.19. The Bertz CT molecular complexity index is 688. The van der Waals surface area contributed by atoms with Crippen molar-refractivity contribution in [1.29, 1.82) is 0 Å². The summed E-state index contributed by atoms with van der Waals surface area (Å²) in [5.74, 6) is 0. The van der Waals surface area contributed by atoms with Crippen molar-refractivity contribution in [2.75, 3.05) is 5.32 Å². The fourth-order valence-corrected chi connectivity index (χ4v) is 2.32. The van der Waals surface area contributed by atoms with Crippen LogP contribution in [0.3, 0.4) is 0 Å². The van der Waals surface area contributed by atoms with Crippen molar-refractivity contribution in [2.24, 2.45) is 5.10 Å². The Hall–Kier alpha value is -1.91. The first-order chi connectivity index (χ1) is 10.5. The van der Waals surface area contributed by atoms with Crippen molar-refractivity contribution in [3.05, 3.63) is 64.2 Å². The minimum atomic E-state index is 0.464. The molecule has 0 aliphatic carbocycles. The van der Waals surface area contributed by atoms with Crippen molar-refractivity contribution < 1.29 is 0 Å². The zero-order valence-corrected chi connectivity index (χ0v) is 14.3. The molecule has 0 saturated heterocycles. The van der Waals surface area contributed by atoms with Crippen LogP contribution in [-0.2, 0) is 0 Å². The molecule has 0 bridgehead atoms. The summed E-state index contributed by atoms with van der Waals surface area (Å²) in [4.78, 5) is 0. The monoisotopic (exact) mass is 331 g/mol. The van der Waals surface area contributed by atoms with E-state index < -0.39 is 0 Å². The maximum atomic E-state index is 5.88. The lowest BCUT2D eigenvalue weighted by molar-refractivity contribution is 1.04. The van der Waals surface area contributed by atoms with Crippen LogP contribution in [0.15, 0.2) is 47.6 Å². The number of nitrogens with one attached hydrogen (secondary N) is 2. The zero-order valence-electron chi connectivity index (χ0n) is 12.8. The van der Waals surface area contributed by atoms with Gasteiger partial charge >= 0.3 is 0 Å². The van der Waals surface area contributed by atoms with Gasteiger partial charge < -0.3 is 5.32 Å². The molecule has 2 rings (SSSR count). The lowest BCUT2D eigenvalue weighted by Gasteiger charge is -2.13. The predicted octanol–water partition coefficient (Wildman–Crippen LogP) is 4.67. The van der Waals surface area contributed by atoms with E-state index in [0.717, 1.165) is 28.1 Å². The topological polar surface area (TPSA) is 36.4 Å². The van der Waals surface area contributed by atoms with Gasteiger partial charge in [-0.3, -0.25) is 5.43 Å². The zero-order chi connectivity index (χ0) is 16.1. The Balaban J connectivity index is 2.03. The summed E-state index contributed by atoms with van der Waals surface area (Å²) in [5.41, 5.74) is 8.00. The summed E-state index contributed by atoms with van der Waals surface area (Å²) >= 11 is 11.2. The van der Waals surface area contributed by atoms with E-state index in [1.807, 2.05) is 63.2 Å². The van der Waals surface area contributed by atoms with Crippen LogP contribution in [0, 0.1) is 13.8 Å². The molecule has 2 N–H and O–H groups in total. The van der Waals surface area contributed by atoms with E-state index in [4.69, 9.17) is 23.8 Å². The molecule has 0 saturated carbocycles. The van der Waals surface area contributed by atoms with Crippen LogP contribution >= 0.6 is 23.8 Å². The Morgan fingerprint density at radius 3 is 2.23 bits per heavy atom. The normalized spacial score (nSPS) is 11.2. The van der Waals surface area contributed by atoms with Gasteiger partial charge in [0.15, 0.2) is 5.11 Å². The molecule has 0 spiro atoms. The van der Waals surface area contributed by atoms with Gasteiger partial charge in [0.2, 0.25) is 0 Å². The molecule has 0 unspecified atom stereocenters. The van der Waals surface area contributed by atoms with Crippen molar-refractivity contribution in [3.63, 3.8) is 0 Å². The molecule has 2 aromatic carbocycles. The van der Waals surface area contributed by atoms with E-state index in [-0.39, 0.29) is 0 Å². The number of rotatable bonds is 3. The predicted molar refractivity (Wildman–Crippen MR) is 98.9 cm³/mol. The number of hydrogen-bond donors (Lipinski definition) is 2. The highest BCUT2D eigenvalue weighted by Gasteiger charge is 2.04. The molecule has 0 radical (unpaired) electrons. The number of hydrazone groups is 1. The van der Waals surface area contributed by atoms with E-state index in [0.29, 0.717) is 10.1 Å². The molecule has 0 fully saturated rings. The Labute approximate surface area is 141 Å². The van der Waals surface area contributed by atoms with Gasteiger partial charge in [-0.15, -0.1) is 0 Å². The second-order valence-corrected chi connectivity index (χ2v) is 5.88. The van der Waals surface area contributed by atoms with Gasteiger partial charge in [-0.2, -0.15) is 5.10 Å². The van der Waals surface area contributed by atoms with Gasteiger partial charge in [0.1, 0.15) is 0 Å². The number of halogens is 1. The van der Waals surface area contributed by atoms with Crippen molar-refractivity contribution >= 4 is 40.3 Å². The number of nitrogens with zero attached hydrogens (tertiary/aromatic N) is 1. The van der Waals surface area contributed by atoms with E-state index in [9.17, 15) is 0 Å². The van der Waals surface area contributed by atoms with E-state index in [1.54, 1.807) is 0 Å². The Morgan fingerprint density at radius 2 is 1.64 bits per heavy atom. The smallest absolute Gasteiger partial charge is 0.191 e. The number of benzene rings is 2. The lowest BCUT2D eigenvalue weighted by Crippen LogP contribution is -2.25. The van der Waals surface area contributed by atoms with E-state index in [1.165, 1.54) is 0 Å². The van der Waals surface area contributed by atoms with Crippen LogP contribution in [0.1, 0.15) is 23.6 Å². The van der Waals surface area contributed by atoms with Gasteiger partial charge in [0.25, 0.3) is 0 Å². The molecule has 2 aromatic rings. The molecule has 5 heteroatoms. The van der Waals surface area contributed by atoms with Crippen molar-refractivity contribution in [3.8, 4) is 0 Å². The SMILES string of the molecule is C/C(=N\NC(=S)Nc1c(C)cccc1C)c1ccc(Cl)cc1. The highest BCUT2D eigenvalue weighted by atomic mass is 35.5. The minimum absolute atomic E-state index is 0.464. The molecule has 22 heavy (non-hydrogen) atoms. The Morgan fingerprint density at radius 1 is 1.05 bits per heavy atom. The van der Waals surface area contributed by atoms with Gasteiger partial charge in [0, 0.05) is 10.7 Å². The lowest BCUT2D eigenvalue weighted by atomic mass is 10.1. The van der Waals surface area contributed by atoms with Crippen LogP contribution in [0.25, 0.3) is 0 Å². The second kappa shape index (κ2) is 7.38. The number of thiocarbonyl (C=S) groups is 1. The molecule has 3 nitrogen and oxygen atoms in total. The first-order valence-corrected chi connectivity index (χ1v) is 7.69. The molecular weight excluding hydrogens is 314 g/mol. The van der Waals surface area contributed by atoms with E-state index >= 15 is 0 Å². The van der Waals surface area contributed by atoms with Crippen LogP contribution in [0.2, 0.25) is 5.02 Å². The number of para-hydroxylation sites is 1. The number of anilines is 1. The summed E-state index contributed by atoms with van der Waals surface area (Å²) < 4.78 is 0. The Kier molecular flexibility index (Phi) is 5.52. The fraction of sp³-hybridized carbons (Fsp3) is 0.176. The third kappa shape index (κ3) is 4.29. The average molecular weight is 332 g/mol. The summed E-state index contributed by atoms with van der Waals surface area (Å²) in [7, 11) is 0. The van der Waals surface area contributed by atoms with Crippen LogP contribution in [0.4, 0.5) is 5.69 Å². The largest absolute Gasteiger partial charge is 0.331 e. The third-order valence-electron chi connectivity index (χ3n) is 3.31. The molecule has 0 atom stereocenters. The molecular formula is C17H18ClN3S. The van der Waals surface area contributed by atoms with E-state index in [2.05, 4.69) is 15.8 Å². The highest BCUT2D eigenvalue weighted by molar-refractivity contribution is 7.80. The minimum Gasteiger partial charge on any atom is -0.331 e. The maximum absolute atomic E-state index is 5.88. The molecule has 0 amide bonds. The summed E-state index contributed by atoms with van der Waals surface area (Å²) in [5, 5.41) is 8.65. The van der Waals surface area contributed by atoms with Gasteiger partial charge in [-0.1, -0.05) is 41.9 Å². The number of hydrogen-bond acceptors (Lipinski definition) is 2. The van der Waals surface area contributed by atoms with Crippen molar-refractivity contribution in [1.82, 2.24) is 5.43 Å². The first kappa shape index (κ1) is 16.5. The summed E-state index contributed by atoms with van der Waals surface area (Å²) in [6.07, 6.45) is 0. The summed E-state index contributed by atoms with van der Waals surface area (Å²) in [6.45, 7) is 6.00. The standard InChI is InChI=1S/C17H18ClN3S/c1-11-5-4-6-12(2)16(11)19-17(22)21-20-13(3)14-7-9-15(18)10-8-14/h4-10H,1-3H3,(H2,19,21,22)/b20-13+. The molecule has 0 heterocycles. The van der Waals surface area contributed by atoms with Crippen LogP contribution < -0.4 is 10.7 Å². The second-order valence-electron chi connectivity index (χ2n) is 5.04. The molecule has 0 aliphatic rings. The molecule has 0 aromatic heterocycles. The van der Waals surface area contributed by atoms with Crippen LogP contribution in [-0.4, -0.2) is 10.8 Å². The molecule has 0 aliphatic heterocycles. The van der Waals surface area contributed by atoms with Gasteiger partial charge in [-0.25, -0.2) is 0 Å². The van der Waals surface area contributed by atoms with Gasteiger partial charge in [0.05, 0.1) is 5.71 Å². The summed E-state index contributed by atoms with van der Waals surface area (Å²) in [6, 6.07) is 13.6. The first-order valence-electron chi connectivity index (χ1n) is 6.91. The quantitative estimate of drug-likeness (QED) is 0.487. The van der Waals surface area contributed by atoms with Crippen molar-refractivity contribution in [2.45, 2.75) is 20.8 Å². The maximum Gasteiger partial charge on any atom is 0.191 e. The van der Waals surface area contributed by atoms with Crippen LogP contribution in [0.5, 0.6) is 0 Å². The number of aryl methyl sites for hydroxylation is 2. The fourth-order valence-electron chi connectivity index (χ4n) is 2.04. The molecule has 114 valence electrons.